The zero-order chi connectivity index (χ0) is 23.8. The second-order valence-corrected chi connectivity index (χ2v) is 9.20. The number of unbranched alkanes of at least 4 members (excludes halogenated alkanes) is 2. The molecule has 0 radical (unpaired) electrons. The molecule has 0 aliphatic carbocycles. The van der Waals surface area contributed by atoms with E-state index in [-0.39, 0.29) is 29.5 Å². The number of phosphoric acid groups is 1. The predicted octanol–water partition coefficient (Wildman–Crippen LogP) is 5.02. The Morgan fingerprint density at radius 3 is 2.53 bits per heavy atom. The predicted molar refractivity (Wildman–Crippen MR) is 113 cm³/mol. The fraction of sp³-hybridized carbons (Fsp3) is 0.579. The van der Waals surface area contributed by atoms with Crippen molar-refractivity contribution in [3.05, 3.63) is 28.8 Å². The minimum atomic E-state index is -4.63. The van der Waals surface area contributed by atoms with Crippen molar-refractivity contribution >= 4 is 19.2 Å². The first-order chi connectivity index (χ1) is 15.0. The Kier molecular flexibility index (Phi) is 10.1. The molecular formula is C19H26F3N2O6PS. The molecular weight excluding hydrogens is 472 g/mol. The number of ether oxygens (including phenoxy) is 2. The highest BCUT2D eigenvalue weighted by molar-refractivity contribution is 7.46. The number of alkyl halides is 3. The molecule has 1 aromatic carbocycles. The first-order valence-corrected chi connectivity index (χ1v) is 12.3. The van der Waals surface area contributed by atoms with Crippen LogP contribution in [0.1, 0.15) is 49.6 Å². The Bertz CT molecular complexity index is 905. The van der Waals surface area contributed by atoms with Crippen LogP contribution in [0.3, 0.4) is 0 Å². The summed E-state index contributed by atoms with van der Waals surface area (Å²) in [6.07, 6.45) is -2.39. The van der Waals surface area contributed by atoms with Gasteiger partial charge in [-0.25, -0.2) is 4.57 Å². The molecule has 0 unspecified atom stereocenters. The van der Waals surface area contributed by atoms with Gasteiger partial charge in [0.25, 0.3) is 0 Å². The highest BCUT2D eigenvalue weighted by atomic mass is 32.1. The highest BCUT2D eigenvalue weighted by Gasteiger charge is 2.35. The average Bonchev–Trinajstić information content (AvgIpc) is 3.20. The molecule has 0 aliphatic heterocycles. The number of hydrogen-bond donors (Lipinski definition) is 2. The van der Waals surface area contributed by atoms with Crippen LogP contribution in [0.5, 0.6) is 5.75 Å². The van der Waals surface area contributed by atoms with Crippen molar-refractivity contribution < 1.29 is 41.5 Å². The van der Waals surface area contributed by atoms with Crippen LogP contribution in [0.15, 0.2) is 18.2 Å². The van der Waals surface area contributed by atoms with E-state index in [1.54, 1.807) is 6.92 Å². The lowest BCUT2D eigenvalue weighted by Crippen LogP contribution is -2.10. The van der Waals surface area contributed by atoms with E-state index in [1.165, 1.54) is 12.1 Å². The van der Waals surface area contributed by atoms with Gasteiger partial charge in [-0.15, -0.1) is 10.2 Å². The van der Waals surface area contributed by atoms with Crippen LogP contribution < -0.4 is 4.74 Å². The summed E-state index contributed by atoms with van der Waals surface area (Å²) in [5.41, 5.74) is -0.688. The summed E-state index contributed by atoms with van der Waals surface area (Å²) in [5, 5.41) is 8.46. The molecule has 2 rings (SSSR count). The summed E-state index contributed by atoms with van der Waals surface area (Å²) >= 11 is 1.03. The molecule has 13 heteroatoms. The molecule has 1 atom stereocenters. The molecule has 180 valence electrons. The minimum Gasteiger partial charge on any atom is -0.493 e. The van der Waals surface area contributed by atoms with Gasteiger partial charge in [-0.05, 0) is 44.4 Å². The third-order valence-corrected chi connectivity index (χ3v) is 5.97. The Hall–Kier alpha value is -1.56. The average molecular weight is 498 g/mol. The third-order valence-electron chi connectivity index (χ3n) is 4.28. The van der Waals surface area contributed by atoms with E-state index >= 15 is 0 Å². The number of benzene rings is 1. The highest BCUT2D eigenvalue weighted by Crippen LogP contribution is 2.41. The van der Waals surface area contributed by atoms with Crippen molar-refractivity contribution in [2.45, 2.75) is 45.2 Å². The molecule has 0 fully saturated rings. The molecule has 0 spiro atoms. The summed E-state index contributed by atoms with van der Waals surface area (Å²) in [4.78, 5) is 17.6. The van der Waals surface area contributed by atoms with Crippen LogP contribution in [-0.2, 0) is 20.0 Å². The minimum absolute atomic E-state index is 0.161. The van der Waals surface area contributed by atoms with E-state index < -0.39 is 25.5 Å². The van der Waals surface area contributed by atoms with Gasteiger partial charge in [0.15, 0.2) is 0 Å². The van der Waals surface area contributed by atoms with Gasteiger partial charge in [-0.2, -0.15) is 13.2 Å². The van der Waals surface area contributed by atoms with Gasteiger partial charge in [0.1, 0.15) is 15.8 Å². The largest absolute Gasteiger partial charge is 0.493 e. The fourth-order valence-electron chi connectivity index (χ4n) is 2.65. The monoisotopic (exact) mass is 498 g/mol. The van der Waals surface area contributed by atoms with Crippen molar-refractivity contribution in [1.29, 1.82) is 0 Å². The van der Waals surface area contributed by atoms with E-state index in [0.717, 1.165) is 30.2 Å². The van der Waals surface area contributed by atoms with Crippen LogP contribution in [0.4, 0.5) is 13.2 Å². The van der Waals surface area contributed by atoms with Gasteiger partial charge in [-0.3, -0.25) is 4.52 Å². The van der Waals surface area contributed by atoms with Gasteiger partial charge in [0, 0.05) is 24.7 Å². The van der Waals surface area contributed by atoms with Gasteiger partial charge in [0.05, 0.1) is 18.8 Å². The lowest BCUT2D eigenvalue weighted by Gasteiger charge is -2.15. The van der Waals surface area contributed by atoms with Gasteiger partial charge >= 0.3 is 14.0 Å². The van der Waals surface area contributed by atoms with Crippen LogP contribution in [0.25, 0.3) is 10.6 Å². The van der Waals surface area contributed by atoms with E-state index in [9.17, 15) is 17.7 Å². The molecule has 0 amide bonds. The van der Waals surface area contributed by atoms with Crippen molar-refractivity contribution in [3.8, 4) is 16.3 Å². The van der Waals surface area contributed by atoms with Gasteiger partial charge in [0.2, 0.25) is 0 Å². The molecule has 2 N–H and O–H groups in total. The Morgan fingerprint density at radius 2 is 1.88 bits per heavy atom. The zero-order valence-corrected chi connectivity index (χ0v) is 19.4. The summed E-state index contributed by atoms with van der Waals surface area (Å²) in [6.45, 7) is 4.63. The summed E-state index contributed by atoms with van der Waals surface area (Å²) < 4.78 is 66.6. The van der Waals surface area contributed by atoms with Crippen molar-refractivity contribution in [1.82, 2.24) is 10.2 Å². The van der Waals surface area contributed by atoms with Gasteiger partial charge < -0.3 is 19.3 Å². The number of nitrogens with zero attached hydrogens (tertiary/aromatic N) is 2. The standard InChI is InChI=1S/C19H26F3N2O6PS/c1-3-28-9-5-4-6-10-29-16-8-7-14(11-15(16)19(20,21)22)18-24-23-17(32-18)13(2)12-30-31(25,26)27/h7-8,11,13H,3-6,9-10,12H2,1-2H3,(H2,25,26,27)/t13-/m1/s1. The van der Waals surface area contributed by atoms with E-state index in [2.05, 4.69) is 14.7 Å². The topological polar surface area (TPSA) is 111 Å². The van der Waals surface area contributed by atoms with Crippen LogP contribution in [0, 0.1) is 0 Å². The smallest absolute Gasteiger partial charge is 0.469 e. The van der Waals surface area contributed by atoms with Crippen molar-refractivity contribution in [3.63, 3.8) is 0 Å². The summed E-state index contributed by atoms with van der Waals surface area (Å²) in [7, 11) is -4.63. The second-order valence-electron chi connectivity index (χ2n) is 6.95. The van der Waals surface area contributed by atoms with Crippen LogP contribution >= 0.6 is 19.2 Å². The molecule has 0 saturated carbocycles. The molecule has 8 nitrogen and oxygen atoms in total. The molecule has 2 aromatic rings. The van der Waals surface area contributed by atoms with Gasteiger partial charge in [-0.1, -0.05) is 18.3 Å². The molecule has 1 aromatic heterocycles. The Labute approximate surface area is 188 Å². The summed E-state index contributed by atoms with van der Waals surface area (Å²) in [5.74, 6) is -0.750. The first-order valence-electron chi connectivity index (χ1n) is 9.97. The zero-order valence-electron chi connectivity index (χ0n) is 17.7. The first kappa shape index (κ1) is 26.7. The van der Waals surface area contributed by atoms with Crippen molar-refractivity contribution in [2.75, 3.05) is 26.4 Å². The number of phosphoric ester groups is 1. The molecule has 0 saturated heterocycles. The van der Waals surface area contributed by atoms with Crippen molar-refractivity contribution in [2.24, 2.45) is 0 Å². The molecule has 32 heavy (non-hydrogen) atoms. The summed E-state index contributed by atoms with van der Waals surface area (Å²) in [6, 6.07) is 3.70. The molecule has 0 bridgehead atoms. The third kappa shape index (κ3) is 8.76. The van der Waals surface area contributed by atoms with E-state index in [1.807, 2.05) is 6.92 Å². The van der Waals surface area contributed by atoms with Crippen LogP contribution in [-0.4, -0.2) is 46.4 Å². The number of halogens is 3. The number of rotatable bonds is 13. The fourth-order valence-corrected chi connectivity index (χ4v) is 3.94. The van der Waals surface area contributed by atoms with E-state index in [4.69, 9.17) is 19.3 Å². The Morgan fingerprint density at radius 1 is 1.16 bits per heavy atom. The van der Waals surface area contributed by atoms with E-state index in [0.29, 0.717) is 24.6 Å². The number of hydrogen-bond acceptors (Lipinski definition) is 7. The normalized spacial score (nSPS) is 13.3. The maximum absolute atomic E-state index is 13.6. The molecule has 0 aliphatic rings. The maximum atomic E-state index is 13.6. The Balaban J connectivity index is 2.07. The number of aromatic nitrogens is 2. The maximum Gasteiger partial charge on any atom is 0.469 e. The quantitative estimate of drug-likeness (QED) is 0.293. The second kappa shape index (κ2) is 12.1. The van der Waals surface area contributed by atoms with Crippen LogP contribution in [0.2, 0.25) is 0 Å². The SMILES string of the molecule is CCOCCCCCOc1ccc(-c2nnc([C@H](C)COP(=O)(O)O)s2)cc1C(F)(F)F. The molecule has 1 heterocycles. The lowest BCUT2D eigenvalue weighted by atomic mass is 10.1. The lowest BCUT2D eigenvalue weighted by molar-refractivity contribution is -0.138.